The zero-order valence-electron chi connectivity index (χ0n) is 11.0. The number of aromatic nitrogens is 1. The molecule has 2 heterocycles. The van der Waals surface area contributed by atoms with Crippen LogP contribution in [0.15, 0.2) is 23.4 Å². The molecule has 1 aliphatic heterocycles. The number of rotatable bonds is 3. The molecule has 0 radical (unpaired) electrons. The summed E-state index contributed by atoms with van der Waals surface area (Å²) in [5, 5.41) is 9.23. The van der Waals surface area contributed by atoms with E-state index in [0.29, 0.717) is 12.8 Å². The van der Waals surface area contributed by atoms with Crippen LogP contribution in [-0.2, 0) is 21.9 Å². The van der Waals surface area contributed by atoms with Gasteiger partial charge in [0.15, 0.2) is 0 Å². The topological polar surface area (TPSA) is 79.6 Å². The number of aliphatic carboxylic acids is 1. The Morgan fingerprint density at radius 1 is 1.47 bits per heavy atom. The minimum atomic E-state index is -3.73. The molecule has 2 unspecified atom stereocenters. The molecule has 1 N–H and O–H groups in total. The van der Waals surface area contributed by atoms with Crippen LogP contribution in [0.25, 0.3) is 0 Å². The van der Waals surface area contributed by atoms with E-state index in [2.05, 4.69) is 0 Å². The van der Waals surface area contributed by atoms with Gasteiger partial charge in [-0.2, -0.15) is 4.31 Å². The molecule has 0 spiro atoms. The molecule has 1 aliphatic rings. The Morgan fingerprint density at radius 3 is 2.68 bits per heavy atom. The number of nitrogens with zero attached hydrogens (tertiary/aromatic N) is 2. The van der Waals surface area contributed by atoms with Crippen LogP contribution < -0.4 is 0 Å². The molecule has 6 nitrogen and oxygen atoms in total. The first-order valence-corrected chi connectivity index (χ1v) is 7.63. The van der Waals surface area contributed by atoms with E-state index < -0.39 is 22.0 Å². The number of piperidine rings is 1. The van der Waals surface area contributed by atoms with Gasteiger partial charge in [0.05, 0.1) is 4.90 Å². The van der Waals surface area contributed by atoms with Gasteiger partial charge in [-0.05, 0) is 24.8 Å². The van der Waals surface area contributed by atoms with Gasteiger partial charge in [0.25, 0.3) is 0 Å². The van der Waals surface area contributed by atoms with Crippen molar-refractivity contribution in [3.05, 3.63) is 18.5 Å². The third-order valence-corrected chi connectivity index (χ3v) is 5.40. The van der Waals surface area contributed by atoms with Crippen molar-refractivity contribution in [1.82, 2.24) is 8.87 Å². The van der Waals surface area contributed by atoms with Gasteiger partial charge in [0.1, 0.15) is 6.04 Å². The van der Waals surface area contributed by atoms with E-state index in [9.17, 15) is 18.3 Å². The van der Waals surface area contributed by atoms with E-state index in [-0.39, 0.29) is 17.4 Å². The largest absolute Gasteiger partial charge is 0.480 e. The van der Waals surface area contributed by atoms with Gasteiger partial charge >= 0.3 is 5.97 Å². The van der Waals surface area contributed by atoms with E-state index in [1.807, 2.05) is 6.92 Å². The minimum absolute atomic E-state index is 0.149. The fourth-order valence-electron chi connectivity index (χ4n) is 2.40. The van der Waals surface area contributed by atoms with Crippen LogP contribution in [-0.4, -0.2) is 41.0 Å². The highest BCUT2D eigenvalue weighted by atomic mass is 32.2. The number of carbonyl (C=O) groups is 1. The Morgan fingerprint density at radius 2 is 2.16 bits per heavy atom. The third-order valence-electron chi connectivity index (χ3n) is 3.51. The monoisotopic (exact) mass is 286 g/mol. The molecule has 106 valence electrons. The first-order chi connectivity index (χ1) is 8.82. The average molecular weight is 286 g/mol. The first kappa shape index (κ1) is 14.1. The number of hydrogen-bond acceptors (Lipinski definition) is 3. The smallest absolute Gasteiger partial charge is 0.322 e. The van der Waals surface area contributed by atoms with Crippen LogP contribution >= 0.6 is 0 Å². The van der Waals surface area contributed by atoms with Gasteiger partial charge < -0.3 is 9.67 Å². The van der Waals surface area contributed by atoms with Crippen LogP contribution in [0.5, 0.6) is 0 Å². The molecule has 0 aromatic carbocycles. The van der Waals surface area contributed by atoms with Crippen molar-refractivity contribution >= 4 is 16.0 Å². The fourth-order valence-corrected chi connectivity index (χ4v) is 4.06. The maximum absolute atomic E-state index is 12.5. The van der Waals surface area contributed by atoms with E-state index in [1.165, 1.54) is 12.3 Å². The molecule has 0 bridgehead atoms. The van der Waals surface area contributed by atoms with Gasteiger partial charge in [-0.1, -0.05) is 6.92 Å². The molecule has 2 atom stereocenters. The molecule has 19 heavy (non-hydrogen) atoms. The maximum Gasteiger partial charge on any atom is 0.322 e. The summed E-state index contributed by atoms with van der Waals surface area (Å²) in [6.45, 7) is 2.21. The Hall–Kier alpha value is -1.34. The quantitative estimate of drug-likeness (QED) is 0.895. The number of hydrogen-bond donors (Lipinski definition) is 1. The van der Waals surface area contributed by atoms with Crippen molar-refractivity contribution in [2.24, 2.45) is 13.0 Å². The molecule has 0 amide bonds. The minimum Gasteiger partial charge on any atom is -0.480 e. The second-order valence-corrected chi connectivity index (χ2v) is 7.00. The summed E-state index contributed by atoms with van der Waals surface area (Å²) in [6.07, 6.45) is 4.18. The lowest BCUT2D eigenvalue weighted by molar-refractivity contribution is -0.142. The number of sulfonamides is 1. The molecular formula is C12H18N2O4S. The molecule has 0 saturated carbocycles. The Kier molecular flexibility index (Phi) is 3.69. The van der Waals surface area contributed by atoms with Crippen LogP contribution in [0.1, 0.15) is 19.8 Å². The lowest BCUT2D eigenvalue weighted by atomic mass is 9.94. The number of carboxylic acids is 1. The van der Waals surface area contributed by atoms with Crippen molar-refractivity contribution in [2.45, 2.75) is 30.7 Å². The number of carboxylic acid groups (broad SMARTS) is 1. The Balaban J connectivity index is 2.35. The SMILES string of the molecule is CC1CCN(S(=O)(=O)c2ccn(C)c2)C(C(=O)O)C1. The summed E-state index contributed by atoms with van der Waals surface area (Å²) < 4.78 is 27.7. The average Bonchev–Trinajstić information content (AvgIpc) is 2.76. The normalized spacial score (nSPS) is 25.4. The van der Waals surface area contributed by atoms with Gasteiger partial charge in [-0.25, -0.2) is 8.42 Å². The van der Waals surface area contributed by atoms with Crippen molar-refractivity contribution in [2.75, 3.05) is 6.54 Å². The van der Waals surface area contributed by atoms with Gasteiger partial charge in [0, 0.05) is 26.0 Å². The second-order valence-electron chi connectivity index (χ2n) is 5.11. The second kappa shape index (κ2) is 4.97. The predicted molar refractivity (Wildman–Crippen MR) is 69.1 cm³/mol. The molecule has 7 heteroatoms. The third kappa shape index (κ3) is 2.66. The van der Waals surface area contributed by atoms with Crippen molar-refractivity contribution in [3.63, 3.8) is 0 Å². The van der Waals surface area contributed by atoms with E-state index in [0.717, 1.165) is 4.31 Å². The fraction of sp³-hybridized carbons (Fsp3) is 0.583. The highest BCUT2D eigenvalue weighted by molar-refractivity contribution is 7.89. The molecular weight excluding hydrogens is 268 g/mol. The van der Waals surface area contributed by atoms with E-state index in [1.54, 1.807) is 17.8 Å². The zero-order chi connectivity index (χ0) is 14.2. The molecule has 2 rings (SSSR count). The van der Waals surface area contributed by atoms with Crippen molar-refractivity contribution in [3.8, 4) is 0 Å². The molecule has 1 aromatic rings. The summed E-state index contributed by atoms with van der Waals surface area (Å²) >= 11 is 0. The summed E-state index contributed by atoms with van der Waals surface area (Å²) in [4.78, 5) is 11.4. The molecule has 1 fully saturated rings. The van der Waals surface area contributed by atoms with Gasteiger partial charge in [-0.15, -0.1) is 0 Å². The maximum atomic E-state index is 12.5. The van der Waals surface area contributed by atoms with Crippen LogP contribution in [0, 0.1) is 5.92 Å². The summed E-state index contributed by atoms with van der Waals surface area (Å²) in [7, 11) is -2.00. The predicted octanol–water partition coefficient (Wildman–Crippen LogP) is 0.899. The summed E-state index contributed by atoms with van der Waals surface area (Å²) in [6, 6.07) is 0.528. The van der Waals surface area contributed by atoms with Gasteiger partial charge in [-0.3, -0.25) is 4.79 Å². The lowest BCUT2D eigenvalue weighted by Gasteiger charge is -2.34. The zero-order valence-corrected chi connectivity index (χ0v) is 11.8. The molecule has 1 aromatic heterocycles. The van der Waals surface area contributed by atoms with Gasteiger partial charge in [0.2, 0.25) is 10.0 Å². The Bertz CT molecular complexity index is 578. The highest BCUT2D eigenvalue weighted by Gasteiger charge is 2.39. The molecule has 1 saturated heterocycles. The molecule has 0 aliphatic carbocycles. The van der Waals surface area contributed by atoms with Crippen molar-refractivity contribution < 1.29 is 18.3 Å². The lowest BCUT2D eigenvalue weighted by Crippen LogP contribution is -2.49. The van der Waals surface area contributed by atoms with Crippen molar-refractivity contribution in [1.29, 1.82) is 0 Å². The number of aryl methyl sites for hydroxylation is 1. The van der Waals surface area contributed by atoms with Crippen LogP contribution in [0.2, 0.25) is 0 Å². The summed E-state index contributed by atoms with van der Waals surface area (Å²) in [5.74, 6) is -0.852. The summed E-state index contributed by atoms with van der Waals surface area (Å²) in [5.41, 5.74) is 0. The first-order valence-electron chi connectivity index (χ1n) is 6.19. The van der Waals surface area contributed by atoms with Crippen LogP contribution in [0.4, 0.5) is 0 Å². The van der Waals surface area contributed by atoms with E-state index in [4.69, 9.17) is 0 Å². The van der Waals surface area contributed by atoms with Crippen LogP contribution in [0.3, 0.4) is 0 Å². The highest BCUT2D eigenvalue weighted by Crippen LogP contribution is 2.28. The standard InChI is InChI=1S/C12H18N2O4S/c1-9-3-6-14(11(7-9)12(15)16)19(17,18)10-4-5-13(2)8-10/h4-5,8-9,11H,3,6-7H2,1-2H3,(H,15,16). The van der Waals surface area contributed by atoms with E-state index >= 15 is 0 Å². The Labute approximate surface area is 112 Å².